The third-order valence-electron chi connectivity index (χ3n) is 4.86. The number of aromatic nitrogens is 2. The Bertz CT molecular complexity index is 1290. The second-order valence-electron chi connectivity index (χ2n) is 6.86. The fraction of sp³-hybridized carbons (Fsp3) is 0.0909. The molecule has 9 heteroatoms. The lowest BCUT2D eigenvalue weighted by atomic mass is 10.1. The van der Waals surface area contributed by atoms with E-state index in [0.29, 0.717) is 10.8 Å². The number of para-hydroxylation sites is 1. The van der Waals surface area contributed by atoms with E-state index in [4.69, 9.17) is 0 Å². The highest BCUT2D eigenvalue weighted by Gasteiger charge is 2.21. The molecule has 0 saturated carbocycles. The molecule has 7 nitrogen and oxygen atoms in total. The summed E-state index contributed by atoms with van der Waals surface area (Å²) in [6.45, 7) is 3.89. The van der Waals surface area contributed by atoms with Gasteiger partial charge in [0.25, 0.3) is 11.6 Å². The van der Waals surface area contributed by atoms with Gasteiger partial charge in [-0.15, -0.1) is 11.3 Å². The van der Waals surface area contributed by atoms with Crippen molar-refractivity contribution in [3.63, 3.8) is 0 Å². The zero-order valence-electron chi connectivity index (χ0n) is 16.6. The van der Waals surface area contributed by atoms with Gasteiger partial charge in [0, 0.05) is 34.1 Å². The van der Waals surface area contributed by atoms with Crippen molar-refractivity contribution in [2.75, 3.05) is 5.32 Å². The van der Waals surface area contributed by atoms with Gasteiger partial charge in [-0.1, -0.05) is 12.1 Å². The van der Waals surface area contributed by atoms with Crippen molar-refractivity contribution in [1.29, 1.82) is 0 Å². The smallest absolute Gasteiger partial charge is 0.282 e. The predicted octanol–water partition coefficient (Wildman–Crippen LogP) is 5.52. The first kappa shape index (κ1) is 20.4. The first-order chi connectivity index (χ1) is 14.8. The normalized spacial score (nSPS) is 10.8. The molecule has 4 aromatic rings. The Kier molecular flexibility index (Phi) is 5.35. The highest BCUT2D eigenvalue weighted by Crippen LogP contribution is 2.32. The van der Waals surface area contributed by atoms with E-state index in [9.17, 15) is 19.3 Å². The molecule has 0 atom stereocenters. The third-order valence-corrected chi connectivity index (χ3v) is 5.62. The van der Waals surface area contributed by atoms with Crippen LogP contribution in [0.15, 0.2) is 60.0 Å². The van der Waals surface area contributed by atoms with Crippen molar-refractivity contribution in [1.82, 2.24) is 9.55 Å². The summed E-state index contributed by atoms with van der Waals surface area (Å²) in [6, 6.07) is 14.0. The van der Waals surface area contributed by atoms with E-state index in [1.54, 1.807) is 18.2 Å². The summed E-state index contributed by atoms with van der Waals surface area (Å²) >= 11 is 1.23. The van der Waals surface area contributed by atoms with Gasteiger partial charge in [-0.3, -0.25) is 20.2 Å². The minimum Gasteiger partial charge on any atom is -0.318 e. The van der Waals surface area contributed by atoms with E-state index in [-0.39, 0.29) is 17.1 Å². The molecule has 2 aromatic heterocycles. The second-order valence-corrected chi connectivity index (χ2v) is 7.72. The molecule has 0 spiro atoms. The number of aryl methyl sites for hydroxylation is 1. The molecule has 2 heterocycles. The molecular weight excluding hydrogens is 419 g/mol. The average Bonchev–Trinajstić information content (AvgIpc) is 3.32. The minimum atomic E-state index is -0.593. The zero-order valence-corrected chi connectivity index (χ0v) is 17.4. The first-order valence-corrected chi connectivity index (χ1v) is 10.2. The summed E-state index contributed by atoms with van der Waals surface area (Å²) in [6.07, 6.45) is 0. The highest BCUT2D eigenvalue weighted by molar-refractivity contribution is 7.14. The maximum atomic E-state index is 13.3. The van der Waals surface area contributed by atoms with E-state index in [1.165, 1.54) is 41.7 Å². The number of hydrogen-bond donors (Lipinski definition) is 1. The van der Waals surface area contributed by atoms with Gasteiger partial charge in [-0.25, -0.2) is 9.37 Å². The largest absolute Gasteiger partial charge is 0.318 e. The second kappa shape index (κ2) is 8.11. The van der Waals surface area contributed by atoms with Gasteiger partial charge in [-0.05, 0) is 50.2 Å². The molecule has 0 radical (unpaired) electrons. The number of halogens is 1. The van der Waals surface area contributed by atoms with E-state index in [1.807, 2.05) is 29.9 Å². The maximum Gasteiger partial charge on any atom is 0.282 e. The monoisotopic (exact) mass is 436 g/mol. The molecule has 0 bridgehead atoms. The van der Waals surface area contributed by atoms with Crippen molar-refractivity contribution >= 4 is 28.1 Å². The minimum absolute atomic E-state index is 0.0289. The molecule has 156 valence electrons. The number of thiazole rings is 1. The Morgan fingerprint density at radius 3 is 2.58 bits per heavy atom. The van der Waals surface area contributed by atoms with Crippen LogP contribution in [0.5, 0.6) is 0 Å². The number of amides is 1. The lowest BCUT2D eigenvalue weighted by molar-refractivity contribution is -0.385. The van der Waals surface area contributed by atoms with Crippen LogP contribution in [0.2, 0.25) is 0 Å². The molecule has 1 amide bonds. The molecule has 0 aliphatic carbocycles. The Morgan fingerprint density at radius 1 is 1.16 bits per heavy atom. The van der Waals surface area contributed by atoms with Gasteiger partial charge >= 0.3 is 0 Å². The highest BCUT2D eigenvalue weighted by atomic mass is 32.1. The van der Waals surface area contributed by atoms with E-state index in [0.717, 1.165) is 22.6 Å². The fourth-order valence-electron chi connectivity index (χ4n) is 3.45. The Labute approximate surface area is 181 Å². The van der Waals surface area contributed by atoms with Crippen molar-refractivity contribution in [2.45, 2.75) is 13.8 Å². The van der Waals surface area contributed by atoms with Gasteiger partial charge in [0.2, 0.25) is 0 Å². The Morgan fingerprint density at radius 2 is 1.87 bits per heavy atom. The van der Waals surface area contributed by atoms with Crippen LogP contribution < -0.4 is 5.32 Å². The van der Waals surface area contributed by atoms with Crippen molar-refractivity contribution < 1.29 is 14.1 Å². The Balaban J connectivity index is 1.61. The molecule has 2 aromatic carbocycles. The number of anilines is 1. The molecular formula is C22H17FN4O3S. The van der Waals surface area contributed by atoms with Crippen LogP contribution in [0.3, 0.4) is 0 Å². The average molecular weight is 436 g/mol. The number of rotatable bonds is 5. The lowest BCUT2D eigenvalue weighted by Crippen LogP contribution is -2.13. The van der Waals surface area contributed by atoms with Crippen molar-refractivity contribution in [3.8, 4) is 16.9 Å². The van der Waals surface area contributed by atoms with Gasteiger partial charge in [-0.2, -0.15) is 0 Å². The Hall–Kier alpha value is -3.85. The summed E-state index contributed by atoms with van der Waals surface area (Å²) in [7, 11) is 0. The van der Waals surface area contributed by atoms with E-state index < -0.39 is 10.8 Å². The lowest BCUT2D eigenvalue weighted by Gasteiger charge is -2.09. The maximum absolute atomic E-state index is 13.3. The molecule has 0 aliphatic rings. The van der Waals surface area contributed by atoms with Crippen molar-refractivity contribution in [2.24, 2.45) is 0 Å². The number of benzene rings is 2. The fourth-order valence-corrected chi connectivity index (χ4v) is 4.16. The van der Waals surface area contributed by atoms with Gasteiger partial charge < -0.3 is 4.57 Å². The standard InChI is InChI=1S/C22H17FN4O3S/c1-13-11-18(14(2)26(13)16-9-7-15(23)8-10-16)19-12-31-22(24-19)25-21(28)17-5-3-4-6-20(17)27(29)30/h3-12H,1-2H3,(H,24,25,28). The molecule has 4 rings (SSSR count). The number of nitrogens with zero attached hydrogens (tertiary/aromatic N) is 3. The predicted molar refractivity (Wildman–Crippen MR) is 117 cm³/mol. The number of carbonyl (C=O) groups is 1. The van der Waals surface area contributed by atoms with Crippen molar-refractivity contribution in [3.05, 3.63) is 92.9 Å². The molecule has 0 fully saturated rings. The molecule has 0 aliphatic heterocycles. The molecule has 0 saturated heterocycles. The summed E-state index contributed by atoms with van der Waals surface area (Å²) in [4.78, 5) is 27.6. The number of hydrogen-bond acceptors (Lipinski definition) is 5. The van der Waals surface area contributed by atoms with Crippen LogP contribution in [-0.4, -0.2) is 20.4 Å². The number of nitro groups is 1. The van der Waals surface area contributed by atoms with Crippen LogP contribution in [0.4, 0.5) is 15.2 Å². The van der Waals surface area contributed by atoms with Crippen LogP contribution in [0.1, 0.15) is 21.7 Å². The van der Waals surface area contributed by atoms with Crippen LogP contribution >= 0.6 is 11.3 Å². The third kappa shape index (κ3) is 3.95. The number of carbonyl (C=O) groups excluding carboxylic acids is 1. The number of nitrogens with one attached hydrogen (secondary N) is 1. The zero-order chi connectivity index (χ0) is 22.1. The first-order valence-electron chi connectivity index (χ1n) is 9.30. The van der Waals surface area contributed by atoms with Crippen LogP contribution in [0.25, 0.3) is 16.9 Å². The quantitative estimate of drug-likeness (QED) is 0.330. The van der Waals surface area contributed by atoms with Gasteiger partial charge in [0.15, 0.2) is 5.13 Å². The summed E-state index contributed by atoms with van der Waals surface area (Å²) in [5, 5.41) is 16.0. The summed E-state index contributed by atoms with van der Waals surface area (Å²) in [5.74, 6) is -0.894. The van der Waals surface area contributed by atoms with E-state index >= 15 is 0 Å². The van der Waals surface area contributed by atoms with Crippen LogP contribution in [0, 0.1) is 29.8 Å². The van der Waals surface area contributed by atoms with Gasteiger partial charge in [0.05, 0.1) is 10.6 Å². The van der Waals surface area contributed by atoms with Crippen LogP contribution in [-0.2, 0) is 0 Å². The SMILES string of the molecule is Cc1cc(-c2csc(NC(=O)c3ccccc3[N+](=O)[O-])n2)c(C)n1-c1ccc(F)cc1. The van der Waals surface area contributed by atoms with E-state index in [2.05, 4.69) is 10.3 Å². The summed E-state index contributed by atoms with van der Waals surface area (Å²) < 4.78 is 15.3. The van der Waals surface area contributed by atoms with Gasteiger partial charge in [0.1, 0.15) is 11.4 Å². The molecule has 1 N–H and O–H groups in total. The molecule has 31 heavy (non-hydrogen) atoms. The summed E-state index contributed by atoms with van der Waals surface area (Å²) in [5.41, 5.74) is 3.97. The number of nitro benzene ring substituents is 1. The topological polar surface area (TPSA) is 90.1 Å². The molecule has 0 unspecified atom stereocenters.